The number of para-hydroxylation sites is 1. The predicted molar refractivity (Wildman–Crippen MR) is 99.0 cm³/mol. The fraction of sp³-hybridized carbons (Fsp3) is 0.222. The van der Waals surface area contributed by atoms with E-state index in [1.807, 2.05) is 30.7 Å². The Morgan fingerprint density at radius 2 is 1.60 bits per heavy atom. The number of benzene rings is 1. The normalized spacial score (nSPS) is 16.3. The van der Waals surface area contributed by atoms with Crippen molar-refractivity contribution in [3.05, 3.63) is 52.7 Å². The molecule has 0 unspecified atom stereocenters. The van der Waals surface area contributed by atoms with Crippen LogP contribution >= 0.6 is 23.5 Å². The Balaban J connectivity index is 1.76. The fourth-order valence-corrected chi connectivity index (χ4v) is 4.27. The van der Waals surface area contributed by atoms with Gasteiger partial charge >= 0.3 is 0 Å². The zero-order valence-corrected chi connectivity index (χ0v) is 15.4. The summed E-state index contributed by atoms with van der Waals surface area (Å²) in [6.07, 6.45) is 4.71. The van der Waals surface area contributed by atoms with E-state index < -0.39 is 0 Å². The minimum Gasteiger partial charge on any atom is -0.269 e. The maximum Gasteiger partial charge on any atom is 0.262 e. The average molecular weight is 369 g/mol. The van der Waals surface area contributed by atoms with Gasteiger partial charge in [0.15, 0.2) is 5.16 Å². The van der Waals surface area contributed by atoms with Crippen molar-refractivity contribution in [3.63, 3.8) is 0 Å². The quantitative estimate of drug-likeness (QED) is 0.359. The van der Waals surface area contributed by atoms with Crippen LogP contribution in [0.2, 0.25) is 0 Å². The van der Waals surface area contributed by atoms with Crippen LogP contribution in [0.5, 0.6) is 0 Å². The summed E-state index contributed by atoms with van der Waals surface area (Å²) in [6, 6.07) is 9.07. The molecule has 4 rings (SSSR count). The summed E-state index contributed by atoms with van der Waals surface area (Å²) in [5, 5.41) is 1.59. The maximum atomic E-state index is 12.9. The number of hydrogen-bond donors (Lipinski definition) is 0. The second-order valence-electron chi connectivity index (χ2n) is 5.74. The number of nitrogens with zero attached hydrogens (tertiary/aromatic N) is 3. The summed E-state index contributed by atoms with van der Waals surface area (Å²) in [4.78, 5) is 36.1. The number of imide groups is 1. The van der Waals surface area contributed by atoms with Gasteiger partial charge in [-0.05, 0) is 24.6 Å². The van der Waals surface area contributed by atoms with Gasteiger partial charge in [0.25, 0.3) is 11.8 Å². The summed E-state index contributed by atoms with van der Waals surface area (Å²) < 4.78 is 0. The van der Waals surface area contributed by atoms with Gasteiger partial charge in [-0.25, -0.2) is 14.9 Å². The Bertz CT molecular complexity index is 925. The lowest BCUT2D eigenvalue weighted by Gasteiger charge is -2.18. The van der Waals surface area contributed by atoms with Crippen LogP contribution in [0.1, 0.15) is 11.3 Å². The molecule has 7 heteroatoms. The van der Waals surface area contributed by atoms with Crippen molar-refractivity contribution in [1.82, 2.24) is 9.97 Å². The van der Waals surface area contributed by atoms with Crippen LogP contribution in [0, 0.1) is 0 Å². The number of carbonyl (C=O) groups is 2. The molecule has 0 radical (unpaired) electrons. The highest BCUT2D eigenvalue weighted by molar-refractivity contribution is 7.99. The van der Waals surface area contributed by atoms with E-state index in [1.165, 1.54) is 16.7 Å². The predicted octanol–water partition coefficient (Wildman–Crippen LogP) is 2.89. The van der Waals surface area contributed by atoms with Crippen molar-refractivity contribution < 1.29 is 9.59 Å². The lowest BCUT2D eigenvalue weighted by molar-refractivity contribution is -0.120. The van der Waals surface area contributed by atoms with Gasteiger partial charge in [0.1, 0.15) is 5.03 Å². The van der Waals surface area contributed by atoms with Crippen molar-refractivity contribution in [3.8, 4) is 0 Å². The van der Waals surface area contributed by atoms with Crippen molar-refractivity contribution >= 4 is 41.0 Å². The highest BCUT2D eigenvalue weighted by Gasteiger charge is 2.42. The molecule has 0 spiro atoms. The summed E-state index contributed by atoms with van der Waals surface area (Å²) in [7, 11) is 0. The van der Waals surface area contributed by atoms with Crippen molar-refractivity contribution in [1.29, 1.82) is 0 Å². The second-order valence-corrected chi connectivity index (χ2v) is 7.31. The van der Waals surface area contributed by atoms with E-state index in [0.29, 0.717) is 34.8 Å². The number of hydrogen-bond acceptors (Lipinski definition) is 6. The average Bonchev–Trinajstić information content (AvgIpc) is 2.90. The topological polar surface area (TPSA) is 63.2 Å². The summed E-state index contributed by atoms with van der Waals surface area (Å²) >= 11 is 3.03. The van der Waals surface area contributed by atoms with Crippen LogP contribution in [0.4, 0.5) is 5.69 Å². The number of thioether (sulfide) groups is 2. The molecule has 0 N–H and O–H groups in total. The van der Waals surface area contributed by atoms with E-state index >= 15 is 0 Å². The molecule has 0 saturated carbocycles. The molecule has 0 saturated heterocycles. The van der Waals surface area contributed by atoms with Crippen LogP contribution in [0.3, 0.4) is 0 Å². The first-order valence-electron chi connectivity index (χ1n) is 7.77. The Kier molecular flexibility index (Phi) is 4.13. The number of carbonyl (C=O) groups excluding carboxylic acids is 2. The lowest BCUT2D eigenvalue weighted by atomic mass is 9.91. The van der Waals surface area contributed by atoms with E-state index in [9.17, 15) is 9.59 Å². The SMILES string of the molecule is CSc1nc2c(c(SC)n1)CC1=C(C2)C(=O)N(c2ccccc2)C1=O. The third-order valence-corrected chi connectivity index (χ3v) is 5.68. The third-order valence-electron chi connectivity index (χ3n) is 4.41. The van der Waals surface area contributed by atoms with Crippen LogP contribution in [0.25, 0.3) is 0 Å². The van der Waals surface area contributed by atoms with Crippen molar-refractivity contribution in [2.24, 2.45) is 0 Å². The minimum atomic E-state index is -0.230. The molecular weight excluding hydrogens is 354 g/mol. The van der Waals surface area contributed by atoms with Gasteiger partial charge in [0.2, 0.25) is 0 Å². The molecule has 2 aromatic rings. The van der Waals surface area contributed by atoms with E-state index in [-0.39, 0.29) is 11.8 Å². The summed E-state index contributed by atoms with van der Waals surface area (Å²) in [6.45, 7) is 0. The number of amides is 2. The molecule has 2 heterocycles. The Morgan fingerprint density at radius 3 is 2.24 bits per heavy atom. The molecule has 1 aromatic heterocycles. The Hall–Kier alpha value is -2.12. The fourth-order valence-electron chi connectivity index (χ4n) is 3.21. The Morgan fingerprint density at radius 1 is 0.920 bits per heavy atom. The first-order chi connectivity index (χ1) is 12.1. The standard InChI is InChI=1S/C18H15N3O2S2/c1-24-15-13-8-11-12(9-14(13)19-18(20-15)25-2)17(23)21(16(11)22)10-6-4-3-5-7-10/h3-7H,8-9H2,1-2H3. The molecule has 0 fully saturated rings. The van der Waals surface area contributed by atoms with Crippen LogP contribution in [0.15, 0.2) is 51.7 Å². The van der Waals surface area contributed by atoms with Gasteiger partial charge in [-0.15, -0.1) is 11.8 Å². The number of rotatable bonds is 3. The zero-order chi connectivity index (χ0) is 17.6. The number of aromatic nitrogens is 2. The number of anilines is 1. The molecule has 2 amide bonds. The smallest absolute Gasteiger partial charge is 0.262 e. The highest BCUT2D eigenvalue weighted by Crippen LogP contribution is 2.37. The monoisotopic (exact) mass is 369 g/mol. The second kappa shape index (κ2) is 6.31. The molecule has 0 atom stereocenters. The van der Waals surface area contributed by atoms with Gasteiger partial charge in [-0.1, -0.05) is 30.0 Å². The van der Waals surface area contributed by atoms with E-state index in [0.717, 1.165) is 16.3 Å². The molecule has 5 nitrogen and oxygen atoms in total. The molecule has 2 aliphatic rings. The molecule has 126 valence electrons. The highest BCUT2D eigenvalue weighted by atomic mass is 32.2. The molecule has 1 aliphatic heterocycles. The minimum absolute atomic E-state index is 0.224. The number of fused-ring (bicyclic) bond motifs is 1. The maximum absolute atomic E-state index is 12.9. The van der Waals surface area contributed by atoms with Crippen molar-refractivity contribution in [2.75, 3.05) is 17.4 Å². The van der Waals surface area contributed by atoms with Gasteiger partial charge in [-0.3, -0.25) is 9.59 Å². The van der Waals surface area contributed by atoms with E-state index in [4.69, 9.17) is 0 Å². The largest absolute Gasteiger partial charge is 0.269 e. The first-order valence-corrected chi connectivity index (χ1v) is 10.2. The van der Waals surface area contributed by atoms with E-state index in [2.05, 4.69) is 9.97 Å². The van der Waals surface area contributed by atoms with Gasteiger partial charge < -0.3 is 0 Å². The first kappa shape index (κ1) is 16.4. The molecule has 1 aliphatic carbocycles. The van der Waals surface area contributed by atoms with Crippen LogP contribution in [-0.2, 0) is 22.4 Å². The molecular formula is C18H15N3O2S2. The van der Waals surface area contributed by atoms with Crippen molar-refractivity contribution in [2.45, 2.75) is 23.0 Å². The summed E-state index contributed by atoms with van der Waals surface area (Å²) in [5.41, 5.74) is 3.59. The third kappa shape index (κ3) is 2.58. The molecule has 1 aromatic carbocycles. The van der Waals surface area contributed by atoms with Crippen LogP contribution < -0.4 is 4.90 Å². The van der Waals surface area contributed by atoms with Crippen LogP contribution in [-0.4, -0.2) is 34.3 Å². The van der Waals surface area contributed by atoms with Gasteiger partial charge in [-0.2, -0.15) is 0 Å². The van der Waals surface area contributed by atoms with Gasteiger partial charge in [0.05, 0.1) is 11.4 Å². The van der Waals surface area contributed by atoms with E-state index in [1.54, 1.807) is 23.9 Å². The zero-order valence-electron chi connectivity index (χ0n) is 13.8. The lowest BCUT2D eigenvalue weighted by Crippen LogP contribution is -2.31. The molecule has 25 heavy (non-hydrogen) atoms. The summed E-state index contributed by atoms with van der Waals surface area (Å²) in [5.74, 6) is -0.454. The Labute approximate surface area is 153 Å². The van der Waals surface area contributed by atoms with Gasteiger partial charge in [0, 0.05) is 29.6 Å². The molecule has 0 bridgehead atoms.